The highest BCUT2D eigenvalue weighted by Gasteiger charge is 2.21. The summed E-state index contributed by atoms with van der Waals surface area (Å²) in [5.41, 5.74) is 2.57. The van der Waals surface area contributed by atoms with Gasteiger partial charge in [-0.15, -0.1) is 11.3 Å². The second-order valence-electron chi connectivity index (χ2n) is 5.20. The highest BCUT2D eigenvalue weighted by Crippen LogP contribution is 2.36. The van der Waals surface area contributed by atoms with E-state index in [0.29, 0.717) is 0 Å². The summed E-state index contributed by atoms with van der Waals surface area (Å²) in [4.78, 5) is 2.96. The van der Waals surface area contributed by atoms with Gasteiger partial charge in [0, 0.05) is 25.8 Å². The van der Waals surface area contributed by atoms with Gasteiger partial charge < -0.3 is 5.32 Å². The van der Waals surface area contributed by atoms with Crippen LogP contribution in [0.2, 0.25) is 10.0 Å². The molecule has 106 valence electrons. The molecule has 0 spiro atoms. The average molecular weight is 326 g/mol. The molecule has 3 rings (SSSR count). The van der Waals surface area contributed by atoms with Crippen LogP contribution in [0.15, 0.2) is 24.3 Å². The fourth-order valence-corrected chi connectivity index (χ4v) is 4.72. The van der Waals surface area contributed by atoms with Crippen molar-refractivity contribution in [1.82, 2.24) is 5.32 Å². The lowest BCUT2D eigenvalue weighted by Crippen LogP contribution is -2.18. The number of fused-ring (bicyclic) bond motifs is 1. The fraction of sp³-hybridized carbons (Fsp3) is 0.375. The molecule has 1 aromatic carbocycles. The molecule has 0 saturated carbocycles. The third-order valence-electron chi connectivity index (χ3n) is 3.93. The van der Waals surface area contributed by atoms with Crippen molar-refractivity contribution in [3.63, 3.8) is 0 Å². The first-order valence-corrected chi connectivity index (χ1v) is 8.48. The Morgan fingerprint density at radius 1 is 1.25 bits per heavy atom. The Bertz CT molecular complexity index is 579. The first-order valence-electron chi connectivity index (χ1n) is 6.90. The van der Waals surface area contributed by atoms with E-state index in [1.54, 1.807) is 4.88 Å². The molecule has 1 aliphatic rings. The number of aryl methyl sites for hydroxylation is 2. The van der Waals surface area contributed by atoms with Crippen molar-refractivity contribution < 1.29 is 0 Å². The number of benzene rings is 1. The van der Waals surface area contributed by atoms with Crippen LogP contribution in [0.5, 0.6) is 0 Å². The average Bonchev–Trinajstić information content (AvgIpc) is 2.99. The quantitative estimate of drug-likeness (QED) is 0.829. The molecule has 1 aromatic heterocycles. The Hall–Kier alpha value is -0.540. The molecule has 0 fully saturated rings. The first-order chi connectivity index (χ1) is 9.69. The summed E-state index contributed by atoms with van der Waals surface area (Å²) in [7, 11) is 2.00. The third kappa shape index (κ3) is 2.75. The van der Waals surface area contributed by atoms with Gasteiger partial charge in [0.25, 0.3) is 0 Å². The Labute approximate surface area is 133 Å². The van der Waals surface area contributed by atoms with E-state index >= 15 is 0 Å². The lowest BCUT2D eigenvalue weighted by Gasteiger charge is -2.16. The summed E-state index contributed by atoms with van der Waals surface area (Å²) >= 11 is 14.5. The topological polar surface area (TPSA) is 12.0 Å². The SMILES string of the molecule is CNC(Cc1c(Cl)cccc1Cl)c1cc2c(s1)CCC2. The number of halogens is 2. The van der Waals surface area contributed by atoms with Crippen LogP contribution >= 0.6 is 34.5 Å². The maximum Gasteiger partial charge on any atom is 0.0454 e. The largest absolute Gasteiger partial charge is 0.312 e. The number of rotatable bonds is 4. The Morgan fingerprint density at radius 2 is 2.00 bits per heavy atom. The molecular formula is C16H17Cl2NS. The van der Waals surface area contributed by atoms with Crippen molar-refractivity contribution in [2.45, 2.75) is 31.7 Å². The summed E-state index contributed by atoms with van der Waals surface area (Å²) < 4.78 is 0. The zero-order chi connectivity index (χ0) is 14.1. The van der Waals surface area contributed by atoms with Crippen molar-refractivity contribution in [2.24, 2.45) is 0 Å². The van der Waals surface area contributed by atoms with Crippen LogP contribution in [-0.2, 0) is 19.3 Å². The zero-order valence-electron chi connectivity index (χ0n) is 11.4. The lowest BCUT2D eigenvalue weighted by atomic mass is 10.0. The summed E-state index contributed by atoms with van der Waals surface area (Å²) in [5, 5.41) is 4.91. The molecule has 1 heterocycles. The minimum absolute atomic E-state index is 0.281. The molecular weight excluding hydrogens is 309 g/mol. The van der Waals surface area contributed by atoms with E-state index in [2.05, 4.69) is 11.4 Å². The molecule has 4 heteroatoms. The number of thiophene rings is 1. The van der Waals surface area contributed by atoms with Crippen molar-refractivity contribution in [3.05, 3.63) is 55.2 Å². The minimum Gasteiger partial charge on any atom is -0.312 e. The second-order valence-corrected chi connectivity index (χ2v) is 7.18. The molecule has 0 radical (unpaired) electrons. The van der Waals surface area contributed by atoms with E-state index in [9.17, 15) is 0 Å². The number of nitrogens with one attached hydrogen (secondary N) is 1. The summed E-state index contributed by atoms with van der Waals surface area (Å²) in [6.07, 6.45) is 4.61. The molecule has 20 heavy (non-hydrogen) atoms. The van der Waals surface area contributed by atoms with Gasteiger partial charge in [-0.1, -0.05) is 29.3 Å². The molecule has 0 saturated heterocycles. The fourth-order valence-electron chi connectivity index (χ4n) is 2.80. The smallest absolute Gasteiger partial charge is 0.0454 e. The molecule has 2 aromatic rings. The van der Waals surface area contributed by atoms with E-state index in [4.69, 9.17) is 23.2 Å². The van der Waals surface area contributed by atoms with Gasteiger partial charge in [-0.3, -0.25) is 0 Å². The lowest BCUT2D eigenvalue weighted by molar-refractivity contribution is 0.602. The Kier molecular flexibility index (Phi) is 4.37. The van der Waals surface area contributed by atoms with Crippen LogP contribution in [0.3, 0.4) is 0 Å². The molecule has 0 bridgehead atoms. The van der Waals surface area contributed by atoms with Crippen LogP contribution in [0.1, 0.15) is 33.3 Å². The van der Waals surface area contributed by atoms with Crippen molar-refractivity contribution in [3.8, 4) is 0 Å². The van der Waals surface area contributed by atoms with E-state index in [0.717, 1.165) is 22.0 Å². The maximum atomic E-state index is 6.28. The van der Waals surface area contributed by atoms with Crippen LogP contribution in [-0.4, -0.2) is 7.05 Å². The zero-order valence-corrected chi connectivity index (χ0v) is 13.7. The predicted molar refractivity (Wildman–Crippen MR) is 88.3 cm³/mol. The van der Waals surface area contributed by atoms with Gasteiger partial charge in [0.05, 0.1) is 0 Å². The molecule has 1 atom stereocenters. The number of hydrogen-bond acceptors (Lipinski definition) is 2. The summed E-state index contributed by atoms with van der Waals surface area (Å²) in [6, 6.07) is 8.34. The third-order valence-corrected chi connectivity index (χ3v) is 5.99. The molecule has 1 N–H and O–H groups in total. The summed E-state index contributed by atoms with van der Waals surface area (Å²) in [5.74, 6) is 0. The standard InChI is InChI=1S/C16H17Cl2NS/c1-19-14(9-11-12(17)5-3-6-13(11)18)16-8-10-4-2-7-15(10)20-16/h3,5-6,8,14,19H,2,4,7,9H2,1H3. The van der Waals surface area contributed by atoms with Crippen LogP contribution < -0.4 is 5.32 Å². The van der Waals surface area contributed by atoms with Gasteiger partial charge in [-0.05, 0) is 62.1 Å². The normalized spacial score (nSPS) is 15.3. The predicted octanol–water partition coefficient (Wildman–Crippen LogP) is 5.05. The monoisotopic (exact) mass is 325 g/mol. The minimum atomic E-state index is 0.281. The van der Waals surface area contributed by atoms with Crippen molar-refractivity contribution in [2.75, 3.05) is 7.05 Å². The molecule has 1 nitrogen and oxygen atoms in total. The van der Waals surface area contributed by atoms with E-state index in [1.807, 2.05) is 36.6 Å². The van der Waals surface area contributed by atoms with Gasteiger partial charge in [0.1, 0.15) is 0 Å². The van der Waals surface area contributed by atoms with Crippen LogP contribution in [0.4, 0.5) is 0 Å². The van der Waals surface area contributed by atoms with Gasteiger partial charge in [-0.25, -0.2) is 0 Å². The maximum absolute atomic E-state index is 6.28. The molecule has 1 unspecified atom stereocenters. The van der Waals surface area contributed by atoms with Crippen molar-refractivity contribution in [1.29, 1.82) is 0 Å². The molecule has 0 aliphatic heterocycles. The van der Waals surface area contributed by atoms with E-state index in [-0.39, 0.29) is 6.04 Å². The van der Waals surface area contributed by atoms with Crippen LogP contribution in [0, 0.1) is 0 Å². The molecule has 0 amide bonds. The van der Waals surface area contributed by atoms with E-state index < -0.39 is 0 Å². The number of hydrogen-bond donors (Lipinski definition) is 1. The van der Waals surface area contributed by atoms with Gasteiger partial charge >= 0.3 is 0 Å². The number of likely N-dealkylation sites (N-methyl/N-ethyl adjacent to an activating group) is 1. The van der Waals surface area contributed by atoms with Crippen molar-refractivity contribution >= 4 is 34.5 Å². The van der Waals surface area contributed by atoms with Gasteiger partial charge in [0.2, 0.25) is 0 Å². The summed E-state index contributed by atoms with van der Waals surface area (Å²) in [6.45, 7) is 0. The highest BCUT2D eigenvalue weighted by atomic mass is 35.5. The highest BCUT2D eigenvalue weighted by molar-refractivity contribution is 7.12. The first kappa shape index (κ1) is 14.4. The van der Waals surface area contributed by atoms with Gasteiger partial charge in [-0.2, -0.15) is 0 Å². The van der Waals surface area contributed by atoms with Gasteiger partial charge in [0.15, 0.2) is 0 Å². The molecule has 1 aliphatic carbocycles. The Balaban J connectivity index is 1.86. The van der Waals surface area contributed by atoms with E-state index in [1.165, 1.54) is 29.7 Å². The second kappa shape index (κ2) is 6.07. The Morgan fingerprint density at radius 3 is 2.65 bits per heavy atom. The van der Waals surface area contributed by atoms with Crippen LogP contribution in [0.25, 0.3) is 0 Å².